The molecule has 77 heavy (non-hydrogen) atoms. The highest BCUT2D eigenvalue weighted by Crippen LogP contribution is 2.46. The Kier molecular flexibility index (Phi) is 11.5. The molecule has 0 atom stereocenters. The van der Waals surface area contributed by atoms with Crippen molar-refractivity contribution in [1.82, 2.24) is 0 Å². The summed E-state index contributed by atoms with van der Waals surface area (Å²) in [5.41, 5.74) is 19.6. The van der Waals surface area contributed by atoms with Crippen LogP contribution in [0.3, 0.4) is 0 Å². The summed E-state index contributed by atoms with van der Waals surface area (Å²) < 4.78 is 6.23. The van der Waals surface area contributed by atoms with Crippen LogP contribution in [0.2, 0.25) is 0 Å². The van der Waals surface area contributed by atoms with Crippen LogP contribution in [0, 0.1) is 0 Å². The molecule has 1 heterocycles. The van der Waals surface area contributed by atoms with Gasteiger partial charge in [0.25, 0.3) is 0 Å². The van der Waals surface area contributed by atoms with E-state index in [0.717, 1.165) is 95.0 Å². The number of rotatable bonds is 11. The summed E-state index contributed by atoms with van der Waals surface area (Å²) in [5, 5.41) is 7.09. The predicted octanol–water partition coefficient (Wildman–Crippen LogP) is 21.2. The van der Waals surface area contributed by atoms with Crippen molar-refractivity contribution in [2.45, 2.75) is 0 Å². The number of hydrogen-bond acceptors (Lipinski definition) is 3. The van der Waals surface area contributed by atoms with E-state index in [1.54, 1.807) is 0 Å². The summed E-state index contributed by atoms with van der Waals surface area (Å²) in [5.74, 6) is 0. The van der Waals surface area contributed by atoms with Crippen molar-refractivity contribution >= 4 is 77.6 Å². The first-order valence-electron chi connectivity index (χ1n) is 26.3. The SMILES string of the molecule is c1ccc(-c2ccc(N(c3ccc(-c4ccccc4)cc3)c3cc(-c4cc5ccccc5c5ccccc45)cc(N(c4ccc(-c5ccccc5)cc4)c4ccc(-c5ccc6oc7ccccc7c6c5)cc4)c3)cc2)cc1. The second kappa shape index (κ2) is 19.6. The van der Waals surface area contributed by atoms with E-state index in [-0.39, 0.29) is 0 Å². The van der Waals surface area contributed by atoms with Gasteiger partial charge in [0.1, 0.15) is 11.2 Å². The molecule has 0 saturated carbocycles. The van der Waals surface area contributed by atoms with Crippen LogP contribution in [0.1, 0.15) is 0 Å². The van der Waals surface area contributed by atoms with Crippen molar-refractivity contribution < 1.29 is 4.42 Å². The minimum absolute atomic E-state index is 0.889. The molecule has 14 aromatic rings. The van der Waals surface area contributed by atoms with E-state index in [9.17, 15) is 0 Å². The van der Waals surface area contributed by atoms with Gasteiger partial charge in [-0.2, -0.15) is 0 Å². The molecule has 3 nitrogen and oxygen atoms in total. The van der Waals surface area contributed by atoms with E-state index in [1.807, 2.05) is 12.1 Å². The van der Waals surface area contributed by atoms with Gasteiger partial charge in [0, 0.05) is 44.9 Å². The lowest BCUT2D eigenvalue weighted by Crippen LogP contribution is -2.14. The van der Waals surface area contributed by atoms with Crippen molar-refractivity contribution in [1.29, 1.82) is 0 Å². The molecule has 0 aliphatic carbocycles. The monoisotopic (exact) mass is 982 g/mol. The van der Waals surface area contributed by atoms with Crippen LogP contribution in [-0.2, 0) is 0 Å². The molecule has 0 amide bonds. The van der Waals surface area contributed by atoms with Crippen molar-refractivity contribution in [3.8, 4) is 55.6 Å². The Labute approximate surface area is 448 Å². The van der Waals surface area contributed by atoms with Gasteiger partial charge in [0.2, 0.25) is 0 Å². The molecule has 0 fully saturated rings. The van der Waals surface area contributed by atoms with Crippen molar-refractivity contribution in [2.75, 3.05) is 9.80 Å². The first-order chi connectivity index (χ1) is 38.1. The summed E-state index contributed by atoms with van der Waals surface area (Å²) in [6.45, 7) is 0. The van der Waals surface area contributed by atoms with E-state index in [2.05, 4.69) is 301 Å². The summed E-state index contributed by atoms with van der Waals surface area (Å²) in [4.78, 5) is 4.83. The van der Waals surface area contributed by atoms with Crippen molar-refractivity contribution in [3.05, 3.63) is 303 Å². The number of furan rings is 1. The third kappa shape index (κ3) is 8.66. The zero-order chi connectivity index (χ0) is 51.1. The lowest BCUT2D eigenvalue weighted by molar-refractivity contribution is 0.669. The highest BCUT2D eigenvalue weighted by Gasteiger charge is 2.22. The van der Waals surface area contributed by atoms with Gasteiger partial charge in [-0.15, -0.1) is 0 Å². The highest BCUT2D eigenvalue weighted by molar-refractivity contribution is 6.14. The van der Waals surface area contributed by atoms with Gasteiger partial charge in [-0.1, -0.05) is 212 Å². The lowest BCUT2D eigenvalue weighted by atomic mass is 9.92. The van der Waals surface area contributed by atoms with Crippen LogP contribution in [0.15, 0.2) is 308 Å². The van der Waals surface area contributed by atoms with E-state index < -0.39 is 0 Å². The molecule has 0 radical (unpaired) electrons. The van der Waals surface area contributed by atoms with E-state index in [0.29, 0.717) is 0 Å². The third-order valence-electron chi connectivity index (χ3n) is 15.0. The topological polar surface area (TPSA) is 19.6 Å². The Morgan fingerprint density at radius 1 is 0.195 bits per heavy atom. The number of para-hydroxylation sites is 1. The highest BCUT2D eigenvalue weighted by atomic mass is 16.3. The zero-order valence-corrected chi connectivity index (χ0v) is 42.2. The molecule has 0 aliphatic rings. The lowest BCUT2D eigenvalue weighted by Gasteiger charge is -2.31. The smallest absolute Gasteiger partial charge is 0.135 e. The summed E-state index contributed by atoms with van der Waals surface area (Å²) in [6, 6.07) is 110. The number of benzene rings is 13. The largest absolute Gasteiger partial charge is 0.456 e. The molecule has 0 bridgehead atoms. The standard InChI is InChI=1S/C74H50N2O/c1-4-16-51(17-5-1)54-28-37-61(38-29-54)75(62-39-30-55(31-40-62)52-18-6-2-7-19-52)65-46-60(71-49-59-22-10-11-23-67(59)68-24-12-13-25-69(68)71)47-66(50-65)76(63-41-32-56(33-42-63)53-20-8-3-9-21-53)64-43-34-57(35-44-64)58-36-45-74-72(48-58)70-26-14-15-27-73(70)77-74/h1-50H. The second-order valence-corrected chi connectivity index (χ2v) is 19.7. The molecule has 14 rings (SSSR count). The number of hydrogen-bond donors (Lipinski definition) is 0. The number of fused-ring (bicyclic) bond motifs is 6. The summed E-state index contributed by atoms with van der Waals surface area (Å²) in [6.07, 6.45) is 0. The van der Waals surface area contributed by atoms with Gasteiger partial charge < -0.3 is 14.2 Å². The third-order valence-corrected chi connectivity index (χ3v) is 15.0. The van der Waals surface area contributed by atoms with E-state index in [4.69, 9.17) is 4.42 Å². The molecule has 0 aliphatic heterocycles. The van der Waals surface area contributed by atoms with Crippen LogP contribution in [0.5, 0.6) is 0 Å². The van der Waals surface area contributed by atoms with Gasteiger partial charge in [-0.05, 0) is 168 Å². The second-order valence-electron chi connectivity index (χ2n) is 19.7. The van der Waals surface area contributed by atoms with Crippen LogP contribution >= 0.6 is 0 Å². The summed E-state index contributed by atoms with van der Waals surface area (Å²) in [7, 11) is 0. The Bertz CT molecular complexity index is 4310. The molecule has 1 aromatic heterocycles. The van der Waals surface area contributed by atoms with Crippen LogP contribution in [0.4, 0.5) is 34.1 Å². The summed E-state index contributed by atoms with van der Waals surface area (Å²) >= 11 is 0. The molecular weight excluding hydrogens is 933 g/mol. The number of nitrogens with zero attached hydrogens (tertiary/aromatic N) is 2. The molecule has 3 heteroatoms. The Morgan fingerprint density at radius 3 is 1.05 bits per heavy atom. The zero-order valence-electron chi connectivity index (χ0n) is 42.2. The number of anilines is 6. The fraction of sp³-hybridized carbons (Fsp3) is 0. The van der Waals surface area contributed by atoms with Gasteiger partial charge in [0.15, 0.2) is 0 Å². The molecule has 362 valence electrons. The van der Waals surface area contributed by atoms with Crippen LogP contribution < -0.4 is 9.80 Å². The van der Waals surface area contributed by atoms with Gasteiger partial charge in [-0.25, -0.2) is 0 Å². The fourth-order valence-corrected chi connectivity index (χ4v) is 11.2. The van der Waals surface area contributed by atoms with Crippen LogP contribution in [-0.4, -0.2) is 0 Å². The van der Waals surface area contributed by atoms with Crippen LogP contribution in [0.25, 0.3) is 99.1 Å². The minimum Gasteiger partial charge on any atom is -0.456 e. The average Bonchev–Trinajstić information content (AvgIpc) is 3.89. The average molecular weight is 983 g/mol. The first-order valence-corrected chi connectivity index (χ1v) is 26.3. The molecule has 0 unspecified atom stereocenters. The molecule has 0 N–H and O–H groups in total. The maximum Gasteiger partial charge on any atom is 0.135 e. The molecule has 0 saturated heterocycles. The van der Waals surface area contributed by atoms with E-state index in [1.165, 1.54) is 38.2 Å². The minimum atomic E-state index is 0.889. The first kappa shape index (κ1) is 45.4. The van der Waals surface area contributed by atoms with Crippen molar-refractivity contribution in [3.63, 3.8) is 0 Å². The predicted molar refractivity (Wildman–Crippen MR) is 325 cm³/mol. The normalized spacial score (nSPS) is 11.4. The molecule has 0 spiro atoms. The molecular formula is C74H50N2O. The van der Waals surface area contributed by atoms with Crippen molar-refractivity contribution in [2.24, 2.45) is 0 Å². The maximum absolute atomic E-state index is 6.23. The Hall–Kier alpha value is -10.2. The van der Waals surface area contributed by atoms with Gasteiger partial charge >= 0.3 is 0 Å². The molecule has 13 aromatic carbocycles. The quantitative estimate of drug-likeness (QED) is 0.120. The van der Waals surface area contributed by atoms with Gasteiger partial charge in [-0.3, -0.25) is 0 Å². The van der Waals surface area contributed by atoms with Gasteiger partial charge in [0.05, 0.1) is 0 Å². The Morgan fingerprint density at radius 2 is 0.558 bits per heavy atom. The maximum atomic E-state index is 6.23. The van der Waals surface area contributed by atoms with E-state index >= 15 is 0 Å². The Balaban J connectivity index is 0.988. The fourth-order valence-electron chi connectivity index (χ4n) is 11.2.